The summed E-state index contributed by atoms with van der Waals surface area (Å²) >= 11 is 0. The molecule has 46 heavy (non-hydrogen) atoms. The zero-order valence-electron chi connectivity index (χ0n) is 25.0. The fourth-order valence-corrected chi connectivity index (χ4v) is 4.41. The topological polar surface area (TPSA) is 205 Å². The van der Waals surface area contributed by atoms with E-state index in [1.165, 1.54) is 23.1 Å². The number of pyridine rings is 1. The molecule has 15 nitrogen and oxygen atoms in total. The lowest BCUT2D eigenvalue weighted by Gasteiger charge is -2.17. The van der Waals surface area contributed by atoms with Crippen molar-refractivity contribution in [2.24, 2.45) is 11.7 Å². The molecule has 1 fully saturated rings. The lowest BCUT2D eigenvalue weighted by Crippen LogP contribution is -2.28. The smallest absolute Gasteiger partial charge is 0.413 e. The molecule has 1 aliphatic rings. The third-order valence-electron chi connectivity index (χ3n) is 7.13. The summed E-state index contributed by atoms with van der Waals surface area (Å²) < 4.78 is 12.0. The molecule has 0 aliphatic heterocycles. The van der Waals surface area contributed by atoms with Gasteiger partial charge in [-0.3, -0.25) is 14.4 Å². The maximum Gasteiger partial charge on any atom is 0.413 e. The van der Waals surface area contributed by atoms with Gasteiger partial charge in [0.25, 0.3) is 17.7 Å². The van der Waals surface area contributed by atoms with Crippen LogP contribution in [-0.2, 0) is 4.79 Å². The number of ether oxygens (including phenoxy) is 1. The molecule has 1 aliphatic carbocycles. The van der Waals surface area contributed by atoms with Gasteiger partial charge in [0, 0.05) is 49.9 Å². The first-order chi connectivity index (χ1) is 22.2. The molecule has 3 aromatic heterocycles. The molecular weight excluding hydrogens is 596 g/mol. The van der Waals surface area contributed by atoms with Gasteiger partial charge in [-0.15, -0.1) is 0 Å². The zero-order chi connectivity index (χ0) is 32.6. The molecule has 4 amide bonds. The van der Waals surface area contributed by atoms with Crippen LogP contribution < -0.4 is 21.1 Å². The largest absolute Gasteiger partial charge is 0.444 e. The van der Waals surface area contributed by atoms with Crippen LogP contribution in [0.5, 0.6) is 5.88 Å². The number of hydrogen-bond donors (Lipinski definition) is 3. The Labute approximate surface area is 263 Å². The molecule has 238 valence electrons. The minimum atomic E-state index is -0.872. The first-order valence-electron chi connectivity index (χ1n) is 14.6. The number of carbonyl (C=O) groups is 5. The highest BCUT2D eigenvalue weighted by molar-refractivity contribution is 6.07. The molecular formula is C31H32N8O7. The van der Waals surface area contributed by atoms with Crippen LogP contribution >= 0.6 is 0 Å². The van der Waals surface area contributed by atoms with Crippen molar-refractivity contribution < 1.29 is 33.1 Å². The predicted molar refractivity (Wildman–Crippen MR) is 163 cm³/mol. The Morgan fingerprint density at radius 2 is 1.93 bits per heavy atom. The molecule has 1 aromatic carbocycles. The van der Waals surface area contributed by atoms with Crippen LogP contribution in [0.4, 0.5) is 10.5 Å². The lowest BCUT2D eigenvalue weighted by molar-refractivity contribution is -0.107. The highest BCUT2D eigenvalue weighted by Crippen LogP contribution is 2.28. The molecule has 4 aromatic rings. The number of hydrogen-bond acceptors (Lipinski definition) is 10. The van der Waals surface area contributed by atoms with E-state index in [9.17, 15) is 24.0 Å². The molecule has 0 saturated heterocycles. The number of oxazole rings is 1. The Hall–Kier alpha value is -5.86. The Morgan fingerprint density at radius 3 is 2.65 bits per heavy atom. The molecule has 5 rings (SSSR count). The zero-order valence-corrected chi connectivity index (χ0v) is 25.0. The number of amides is 4. The molecule has 15 heteroatoms. The quantitative estimate of drug-likeness (QED) is 0.137. The highest BCUT2D eigenvalue weighted by atomic mass is 16.6. The van der Waals surface area contributed by atoms with Gasteiger partial charge in [0.1, 0.15) is 12.5 Å². The maximum atomic E-state index is 13.0. The van der Waals surface area contributed by atoms with E-state index < -0.39 is 17.9 Å². The second kappa shape index (κ2) is 14.3. The van der Waals surface area contributed by atoms with E-state index in [1.54, 1.807) is 42.3 Å². The number of aromatic nitrogens is 4. The number of carbonyl (C=O) groups excluding carboxylic acids is 5. The predicted octanol–water partition coefficient (Wildman–Crippen LogP) is 3.21. The summed E-state index contributed by atoms with van der Waals surface area (Å²) in [6.45, 7) is 1.06. The Morgan fingerprint density at radius 1 is 1.15 bits per heavy atom. The Balaban J connectivity index is 1.24. The maximum absolute atomic E-state index is 13.0. The molecule has 0 spiro atoms. The van der Waals surface area contributed by atoms with Gasteiger partial charge in [-0.2, -0.15) is 5.10 Å². The van der Waals surface area contributed by atoms with E-state index in [0.29, 0.717) is 55.1 Å². The van der Waals surface area contributed by atoms with Crippen molar-refractivity contribution in [2.45, 2.75) is 32.1 Å². The van der Waals surface area contributed by atoms with Gasteiger partial charge in [0.15, 0.2) is 11.4 Å². The van der Waals surface area contributed by atoms with Crippen LogP contribution in [0, 0.1) is 5.92 Å². The van der Waals surface area contributed by atoms with Gasteiger partial charge < -0.3 is 35.2 Å². The van der Waals surface area contributed by atoms with Crippen LogP contribution in [-0.4, -0.2) is 74.9 Å². The van der Waals surface area contributed by atoms with Gasteiger partial charge in [-0.1, -0.05) is 0 Å². The van der Waals surface area contributed by atoms with Crippen LogP contribution in [0.1, 0.15) is 63.4 Å². The number of primary amides is 1. The van der Waals surface area contributed by atoms with Gasteiger partial charge in [-0.05, 0) is 61.9 Å². The van der Waals surface area contributed by atoms with Gasteiger partial charge in [0.05, 0.1) is 17.6 Å². The van der Waals surface area contributed by atoms with Crippen LogP contribution in [0.25, 0.3) is 17.1 Å². The van der Waals surface area contributed by atoms with Gasteiger partial charge in [-0.25, -0.2) is 19.4 Å². The number of rotatable bonds is 14. The fourth-order valence-electron chi connectivity index (χ4n) is 4.41. The molecule has 3 heterocycles. The number of nitrogens with zero attached hydrogens (tertiary/aromatic N) is 5. The third-order valence-corrected chi connectivity index (χ3v) is 7.13. The number of aldehydes is 1. The van der Waals surface area contributed by atoms with Crippen LogP contribution in [0.15, 0.2) is 59.5 Å². The van der Waals surface area contributed by atoms with Crippen molar-refractivity contribution in [1.29, 1.82) is 0 Å². The normalized spacial score (nSPS) is 12.3. The fraction of sp³-hybridized carbons (Fsp3) is 0.290. The highest BCUT2D eigenvalue weighted by Gasteiger charge is 2.23. The summed E-state index contributed by atoms with van der Waals surface area (Å²) in [6, 6.07) is 9.55. The molecule has 0 bridgehead atoms. The van der Waals surface area contributed by atoms with Crippen molar-refractivity contribution in [3.63, 3.8) is 0 Å². The van der Waals surface area contributed by atoms with E-state index in [0.717, 1.165) is 25.4 Å². The van der Waals surface area contributed by atoms with Crippen molar-refractivity contribution in [2.75, 3.05) is 25.5 Å². The number of nitrogens with two attached hydrogens (primary N) is 1. The van der Waals surface area contributed by atoms with Gasteiger partial charge in [0.2, 0.25) is 11.8 Å². The van der Waals surface area contributed by atoms with Crippen molar-refractivity contribution in [1.82, 2.24) is 30.0 Å². The van der Waals surface area contributed by atoms with E-state index in [2.05, 4.69) is 25.7 Å². The van der Waals surface area contributed by atoms with E-state index >= 15 is 0 Å². The molecule has 0 unspecified atom stereocenters. The minimum Gasteiger partial charge on any atom is -0.444 e. The molecule has 0 atom stereocenters. The lowest BCUT2D eigenvalue weighted by atomic mass is 10.1. The van der Waals surface area contributed by atoms with E-state index in [-0.39, 0.29) is 34.8 Å². The van der Waals surface area contributed by atoms with E-state index in [1.807, 2.05) is 0 Å². The first kappa shape index (κ1) is 31.6. The summed E-state index contributed by atoms with van der Waals surface area (Å²) in [6.07, 6.45) is 8.25. The summed E-state index contributed by atoms with van der Waals surface area (Å²) in [5.41, 5.74) is 6.64. The van der Waals surface area contributed by atoms with Gasteiger partial charge >= 0.3 is 6.09 Å². The van der Waals surface area contributed by atoms with Crippen molar-refractivity contribution >= 4 is 35.8 Å². The summed E-state index contributed by atoms with van der Waals surface area (Å²) in [5.74, 6) is -1.15. The molecule has 0 radical (unpaired) electrons. The SMILES string of the molecule is CN(CCCCC=O)C(=O)c1ccc(-n2cc(NC(=O)c3coc(-c4ccnc(OC(=O)NCC5CC5)c4)n3)c(C(N)=O)n2)cc1. The second-order valence-corrected chi connectivity index (χ2v) is 10.7. The van der Waals surface area contributed by atoms with E-state index in [4.69, 9.17) is 14.9 Å². The second-order valence-electron chi connectivity index (χ2n) is 10.7. The average molecular weight is 629 g/mol. The third kappa shape index (κ3) is 7.99. The number of benzene rings is 1. The average Bonchev–Trinajstić information content (AvgIpc) is 3.57. The molecule has 4 N–H and O–H groups in total. The number of anilines is 1. The molecule has 1 saturated carbocycles. The Kier molecular flexibility index (Phi) is 9.80. The Bertz CT molecular complexity index is 1740. The van der Waals surface area contributed by atoms with Crippen molar-refractivity contribution in [3.8, 4) is 23.0 Å². The minimum absolute atomic E-state index is 0.0315. The monoisotopic (exact) mass is 628 g/mol. The summed E-state index contributed by atoms with van der Waals surface area (Å²) in [7, 11) is 1.69. The van der Waals surface area contributed by atoms with Crippen LogP contribution in [0.2, 0.25) is 0 Å². The number of nitrogens with one attached hydrogen (secondary N) is 2. The summed E-state index contributed by atoms with van der Waals surface area (Å²) in [5, 5.41) is 9.48. The summed E-state index contributed by atoms with van der Waals surface area (Å²) in [4.78, 5) is 70.3. The number of unbranched alkanes of at least 4 members (excludes halogenated alkanes) is 2. The van der Waals surface area contributed by atoms with Crippen LogP contribution in [0.3, 0.4) is 0 Å². The van der Waals surface area contributed by atoms with Crippen molar-refractivity contribution in [3.05, 3.63) is 72.0 Å². The standard InChI is InChI=1S/C31H32N8O7/c1-38(13-3-2-4-14-40)30(43)20-7-9-22(10-8-20)39-17-23(26(37-39)27(32)41)35-28(42)24-18-45-29(36-24)21-11-12-33-25(15-21)46-31(44)34-16-19-5-6-19/h7-12,14-15,17-19H,2-6,13,16H2,1H3,(H2,32,41)(H,34,44)(H,35,42). The first-order valence-corrected chi connectivity index (χ1v) is 14.6.